The Morgan fingerprint density at radius 1 is 0.470 bits per heavy atom. The highest BCUT2D eigenvalue weighted by molar-refractivity contribution is 5.70. The van der Waals surface area contributed by atoms with Crippen LogP contribution in [0.4, 0.5) is 0 Å². The molecule has 2 atom stereocenters. The van der Waals surface area contributed by atoms with Crippen molar-refractivity contribution in [1.82, 2.24) is 0 Å². The molecule has 0 saturated heterocycles. The van der Waals surface area contributed by atoms with Gasteiger partial charge in [0.1, 0.15) is 13.2 Å². The zero-order valence-corrected chi connectivity index (χ0v) is 43.6. The molecular formula is C57H103NO8. The van der Waals surface area contributed by atoms with Crippen molar-refractivity contribution in [3.63, 3.8) is 0 Å². The number of likely N-dealkylation sites (N-methyl/N-ethyl adjacent to an activating group) is 1. The fourth-order valence-corrected chi connectivity index (χ4v) is 7.67. The molecule has 0 heterocycles. The molecule has 9 heteroatoms. The molecule has 0 aliphatic heterocycles. The van der Waals surface area contributed by atoms with Gasteiger partial charge in [0.05, 0.1) is 40.3 Å². The average molecular weight is 930 g/mol. The first kappa shape index (κ1) is 63.2. The minimum Gasteiger partial charge on any atom is -0.545 e. The fourth-order valence-electron chi connectivity index (χ4n) is 7.67. The van der Waals surface area contributed by atoms with Crippen molar-refractivity contribution < 1.29 is 42.9 Å². The van der Waals surface area contributed by atoms with Crippen LogP contribution in [0.1, 0.15) is 239 Å². The average Bonchev–Trinajstić information content (AvgIpc) is 3.28. The van der Waals surface area contributed by atoms with Crippen LogP contribution in [0.5, 0.6) is 0 Å². The summed E-state index contributed by atoms with van der Waals surface area (Å²) >= 11 is 0. The van der Waals surface area contributed by atoms with Gasteiger partial charge in [-0.3, -0.25) is 9.59 Å². The lowest BCUT2D eigenvalue weighted by Crippen LogP contribution is -2.44. The highest BCUT2D eigenvalue weighted by Crippen LogP contribution is 2.17. The van der Waals surface area contributed by atoms with Crippen molar-refractivity contribution in [2.75, 3.05) is 47.5 Å². The van der Waals surface area contributed by atoms with E-state index in [2.05, 4.69) is 50.3 Å². The summed E-state index contributed by atoms with van der Waals surface area (Å²) in [6, 6.07) is 0. The SMILES string of the molecule is CC/C=C\C/C=C\C/C=C\C/C=C\CCC(=O)OC(COC(=O)CCCCCCCCCCCCCCCCCCCCCCCCCCCCCC)COC(OCC[N+](C)(C)C)C(=O)[O-]. The number of carbonyl (C=O) groups excluding carboxylic acids is 3. The topological polar surface area (TPSA) is 111 Å². The summed E-state index contributed by atoms with van der Waals surface area (Å²) in [6.07, 6.45) is 56.3. The summed E-state index contributed by atoms with van der Waals surface area (Å²) in [4.78, 5) is 37.1. The van der Waals surface area contributed by atoms with E-state index >= 15 is 0 Å². The predicted octanol–water partition coefficient (Wildman–Crippen LogP) is 14.2. The summed E-state index contributed by atoms with van der Waals surface area (Å²) in [5.74, 6) is -2.39. The molecule has 0 amide bonds. The van der Waals surface area contributed by atoms with Crippen LogP contribution < -0.4 is 5.11 Å². The number of ether oxygens (including phenoxy) is 4. The minimum atomic E-state index is -1.64. The Morgan fingerprint density at radius 2 is 0.864 bits per heavy atom. The Hall–Kier alpha value is -2.75. The summed E-state index contributed by atoms with van der Waals surface area (Å²) in [6.45, 7) is 4.56. The van der Waals surface area contributed by atoms with Crippen molar-refractivity contribution in [3.8, 4) is 0 Å². The van der Waals surface area contributed by atoms with Crippen molar-refractivity contribution in [3.05, 3.63) is 48.6 Å². The first-order valence-electron chi connectivity index (χ1n) is 27.3. The molecule has 0 aliphatic carbocycles. The molecule has 384 valence electrons. The number of allylic oxidation sites excluding steroid dienone is 8. The fraction of sp³-hybridized carbons (Fsp3) is 0.807. The smallest absolute Gasteiger partial charge is 0.306 e. The Morgan fingerprint density at radius 3 is 1.26 bits per heavy atom. The van der Waals surface area contributed by atoms with Gasteiger partial charge in [0.2, 0.25) is 0 Å². The highest BCUT2D eigenvalue weighted by atomic mass is 16.7. The lowest BCUT2D eigenvalue weighted by molar-refractivity contribution is -0.870. The van der Waals surface area contributed by atoms with E-state index in [9.17, 15) is 19.5 Å². The van der Waals surface area contributed by atoms with Crippen LogP contribution >= 0.6 is 0 Å². The number of aliphatic carboxylic acids is 1. The van der Waals surface area contributed by atoms with Gasteiger partial charge in [-0.1, -0.05) is 236 Å². The van der Waals surface area contributed by atoms with Gasteiger partial charge in [-0.15, -0.1) is 0 Å². The molecule has 0 N–H and O–H groups in total. The Bertz CT molecular complexity index is 1220. The van der Waals surface area contributed by atoms with E-state index in [1.54, 1.807) is 0 Å². The second kappa shape index (κ2) is 48.7. The minimum absolute atomic E-state index is 0.127. The van der Waals surface area contributed by atoms with E-state index < -0.39 is 24.3 Å². The molecule has 0 rings (SSSR count). The third-order valence-corrected chi connectivity index (χ3v) is 11.9. The lowest BCUT2D eigenvalue weighted by Gasteiger charge is -2.26. The molecule has 0 saturated carbocycles. The number of carbonyl (C=O) groups is 3. The van der Waals surface area contributed by atoms with Crippen molar-refractivity contribution in [2.24, 2.45) is 0 Å². The molecule has 0 aliphatic rings. The van der Waals surface area contributed by atoms with E-state index in [1.807, 2.05) is 33.3 Å². The van der Waals surface area contributed by atoms with Gasteiger partial charge in [0.15, 0.2) is 12.4 Å². The van der Waals surface area contributed by atoms with Gasteiger partial charge in [-0.25, -0.2) is 0 Å². The van der Waals surface area contributed by atoms with Crippen molar-refractivity contribution >= 4 is 17.9 Å². The number of esters is 2. The number of carboxylic acids is 1. The Balaban J connectivity index is 4.16. The van der Waals surface area contributed by atoms with Crippen molar-refractivity contribution in [2.45, 2.75) is 251 Å². The maximum atomic E-state index is 12.7. The number of quaternary nitrogens is 1. The Kier molecular flexibility index (Phi) is 46.7. The molecule has 0 spiro atoms. The second-order valence-corrected chi connectivity index (χ2v) is 19.5. The van der Waals surface area contributed by atoms with Gasteiger partial charge < -0.3 is 33.3 Å². The summed E-state index contributed by atoms with van der Waals surface area (Å²) in [5, 5.41) is 11.7. The molecule has 2 unspecified atom stereocenters. The van der Waals surface area contributed by atoms with Gasteiger partial charge in [0.25, 0.3) is 0 Å². The van der Waals surface area contributed by atoms with Crippen LogP contribution in [0.15, 0.2) is 48.6 Å². The highest BCUT2D eigenvalue weighted by Gasteiger charge is 2.21. The quantitative estimate of drug-likeness (QED) is 0.0195. The number of nitrogens with zero attached hydrogens (tertiary/aromatic N) is 1. The van der Waals surface area contributed by atoms with Crippen LogP contribution in [0.2, 0.25) is 0 Å². The van der Waals surface area contributed by atoms with Crippen LogP contribution in [0, 0.1) is 0 Å². The molecule has 0 fully saturated rings. The van der Waals surface area contributed by atoms with Gasteiger partial charge in [-0.2, -0.15) is 0 Å². The standard InChI is InChI=1S/C57H103NO8/c1-6-8-10-12-14-16-18-20-21-22-23-24-25-26-27-28-29-30-31-32-33-34-36-37-39-41-43-45-47-54(59)64-51-53(52-65-57(56(61)62)63-50-49-58(3,4)5)66-55(60)48-46-44-42-40-38-35-19-17-15-13-11-9-7-2/h9,11,15,17,35,38,42,44,53,57H,6-8,10,12-14,16,18-34,36-37,39-41,43,45-52H2,1-5H3/b11-9-,17-15-,38-35-,44-42-. The van der Waals surface area contributed by atoms with Crippen LogP contribution in [0.25, 0.3) is 0 Å². The van der Waals surface area contributed by atoms with E-state index in [0.29, 0.717) is 17.4 Å². The van der Waals surface area contributed by atoms with E-state index in [0.717, 1.165) is 44.9 Å². The van der Waals surface area contributed by atoms with Crippen molar-refractivity contribution in [1.29, 1.82) is 0 Å². The van der Waals surface area contributed by atoms with Gasteiger partial charge >= 0.3 is 11.9 Å². The molecule has 9 nitrogen and oxygen atoms in total. The van der Waals surface area contributed by atoms with E-state index in [1.165, 1.54) is 161 Å². The van der Waals surface area contributed by atoms with Gasteiger partial charge in [-0.05, 0) is 38.5 Å². The number of hydrogen-bond acceptors (Lipinski definition) is 8. The lowest BCUT2D eigenvalue weighted by atomic mass is 10.0. The summed E-state index contributed by atoms with van der Waals surface area (Å²) < 4.78 is 22.5. The first-order chi connectivity index (χ1) is 32.1. The zero-order chi connectivity index (χ0) is 48.4. The maximum absolute atomic E-state index is 12.7. The number of hydrogen-bond donors (Lipinski definition) is 0. The summed E-state index contributed by atoms with van der Waals surface area (Å²) in [5.41, 5.74) is 0. The predicted molar refractivity (Wildman–Crippen MR) is 274 cm³/mol. The molecule has 0 radical (unpaired) electrons. The second-order valence-electron chi connectivity index (χ2n) is 19.5. The first-order valence-corrected chi connectivity index (χ1v) is 27.3. The third kappa shape index (κ3) is 49.2. The number of carboxylic acid groups (broad SMARTS) is 1. The molecule has 0 aromatic carbocycles. The molecule has 0 bridgehead atoms. The molecular weight excluding hydrogens is 827 g/mol. The van der Waals surface area contributed by atoms with Crippen LogP contribution in [-0.4, -0.2) is 82.3 Å². The molecule has 66 heavy (non-hydrogen) atoms. The zero-order valence-electron chi connectivity index (χ0n) is 43.6. The largest absolute Gasteiger partial charge is 0.545 e. The van der Waals surface area contributed by atoms with E-state index in [4.69, 9.17) is 18.9 Å². The Labute approximate surface area is 406 Å². The van der Waals surface area contributed by atoms with Crippen LogP contribution in [-0.2, 0) is 33.3 Å². The normalized spacial score (nSPS) is 13.2. The molecule has 0 aromatic heterocycles. The monoisotopic (exact) mass is 930 g/mol. The number of rotatable bonds is 50. The van der Waals surface area contributed by atoms with Gasteiger partial charge in [0, 0.05) is 12.8 Å². The number of unbranched alkanes of at least 4 members (excludes halogenated alkanes) is 27. The maximum Gasteiger partial charge on any atom is 0.306 e. The van der Waals surface area contributed by atoms with E-state index in [-0.39, 0.29) is 38.6 Å². The summed E-state index contributed by atoms with van der Waals surface area (Å²) in [7, 11) is 5.89. The van der Waals surface area contributed by atoms with Crippen LogP contribution in [0.3, 0.4) is 0 Å². The third-order valence-electron chi connectivity index (χ3n) is 11.9. The molecule has 0 aromatic rings.